The molecule has 220 valence electrons. The molecule has 1 saturated heterocycles. The molecular formula is C32H34N2O8. The molecule has 1 aliphatic heterocycles. The van der Waals surface area contributed by atoms with Gasteiger partial charge < -0.3 is 29.0 Å². The number of likely N-dealkylation sites (tertiary alicyclic amines) is 1. The summed E-state index contributed by atoms with van der Waals surface area (Å²) < 4.78 is 18.7. The van der Waals surface area contributed by atoms with E-state index in [1.807, 2.05) is 12.1 Å². The molecular weight excluding hydrogens is 540 g/mol. The summed E-state index contributed by atoms with van der Waals surface area (Å²) in [5, 5.41) is 16.0. The van der Waals surface area contributed by atoms with E-state index in [1.54, 1.807) is 13.2 Å². The molecule has 4 aromatic rings. The van der Waals surface area contributed by atoms with Crippen molar-refractivity contribution in [3.8, 4) is 22.8 Å². The maximum atomic E-state index is 12.1. The molecule has 0 amide bonds. The maximum absolute atomic E-state index is 12.1. The number of carboxylic acid groups (broad SMARTS) is 2. The van der Waals surface area contributed by atoms with Crippen LogP contribution in [0.3, 0.4) is 0 Å². The standard InChI is InChI=1S/C30H32N2O4.C2H2O4/c1-34-29-19-22(9-14-26(29)30(33)35-2)21-32-27-8-4-3-7-24(27)20-28(32)23-10-12-25(13-11-23)36-18-17-31-15-5-6-16-31;3-1(4)2(5)6/h3-4,7-14,19-20H,5-6,15-18,21H2,1-2H3;(H,3,4)(H,5,6). The zero-order valence-electron chi connectivity index (χ0n) is 23.6. The van der Waals surface area contributed by atoms with Gasteiger partial charge in [0.25, 0.3) is 0 Å². The molecule has 0 saturated carbocycles. The first-order valence-electron chi connectivity index (χ1n) is 13.6. The van der Waals surface area contributed by atoms with Gasteiger partial charge >= 0.3 is 17.9 Å². The predicted octanol–water partition coefficient (Wildman–Crippen LogP) is 4.78. The van der Waals surface area contributed by atoms with E-state index < -0.39 is 17.9 Å². The van der Waals surface area contributed by atoms with Crippen LogP contribution in [0.5, 0.6) is 11.5 Å². The minimum Gasteiger partial charge on any atom is -0.496 e. The van der Waals surface area contributed by atoms with Crippen LogP contribution in [0.1, 0.15) is 28.8 Å². The van der Waals surface area contributed by atoms with Gasteiger partial charge in [-0.3, -0.25) is 4.90 Å². The Morgan fingerprint density at radius 1 is 0.857 bits per heavy atom. The zero-order chi connectivity index (χ0) is 30.1. The van der Waals surface area contributed by atoms with Crippen LogP contribution < -0.4 is 9.47 Å². The highest BCUT2D eigenvalue weighted by Crippen LogP contribution is 2.31. The Morgan fingerprint density at radius 3 is 2.19 bits per heavy atom. The average Bonchev–Trinajstić information content (AvgIpc) is 3.65. The third kappa shape index (κ3) is 7.46. The number of hydrogen-bond acceptors (Lipinski definition) is 7. The molecule has 1 fully saturated rings. The van der Waals surface area contributed by atoms with E-state index in [0.29, 0.717) is 24.5 Å². The first-order valence-corrected chi connectivity index (χ1v) is 13.6. The van der Waals surface area contributed by atoms with Gasteiger partial charge in [-0.15, -0.1) is 0 Å². The van der Waals surface area contributed by atoms with Crippen molar-refractivity contribution in [1.82, 2.24) is 9.47 Å². The number of carbonyl (C=O) groups is 3. The summed E-state index contributed by atoms with van der Waals surface area (Å²) in [4.78, 5) is 32.7. The summed E-state index contributed by atoms with van der Waals surface area (Å²) in [5.41, 5.74) is 4.84. The van der Waals surface area contributed by atoms with Crippen molar-refractivity contribution < 1.29 is 38.8 Å². The largest absolute Gasteiger partial charge is 0.496 e. The van der Waals surface area contributed by atoms with Crippen LogP contribution in [0.4, 0.5) is 0 Å². The van der Waals surface area contributed by atoms with E-state index in [9.17, 15) is 4.79 Å². The molecule has 10 nitrogen and oxygen atoms in total. The fourth-order valence-corrected chi connectivity index (χ4v) is 4.94. The molecule has 1 aliphatic rings. The second kappa shape index (κ2) is 14.2. The van der Waals surface area contributed by atoms with Gasteiger partial charge in [-0.25, -0.2) is 14.4 Å². The molecule has 1 aromatic heterocycles. The van der Waals surface area contributed by atoms with Crippen molar-refractivity contribution in [2.45, 2.75) is 19.4 Å². The van der Waals surface area contributed by atoms with E-state index in [4.69, 9.17) is 34.0 Å². The summed E-state index contributed by atoms with van der Waals surface area (Å²) in [6.45, 7) is 4.69. The van der Waals surface area contributed by atoms with Gasteiger partial charge in [0.2, 0.25) is 0 Å². The number of aromatic nitrogens is 1. The lowest BCUT2D eigenvalue weighted by atomic mass is 10.1. The minimum atomic E-state index is -1.82. The fourth-order valence-electron chi connectivity index (χ4n) is 4.94. The van der Waals surface area contributed by atoms with Crippen molar-refractivity contribution in [1.29, 1.82) is 0 Å². The Hall–Kier alpha value is -4.83. The van der Waals surface area contributed by atoms with E-state index in [-0.39, 0.29) is 0 Å². The van der Waals surface area contributed by atoms with Gasteiger partial charge in [0, 0.05) is 29.7 Å². The average molecular weight is 575 g/mol. The minimum absolute atomic E-state index is 0.409. The molecule has 3 aromatic carbocycles. The van der Waals surface area contributed by atoms with E-state index in [0.717, 1.165) is 34.6 Å². The molecule has 5 rings (SSSR count). The monoisotopic (exact) mass is 574 g/mol. The van der Waals surface area contributed by atoms with Gasteiger partial charge in [0.05, 0.1) is 14.2 Å². The van der Waals surface area contributed by atoms with E-state index >= 15 is 0 Å². The highest BCUT2D eigenvalue weighted by atomic mass is 16.5. The van der Waals surface area contributed by atoms with E-state index in [2.05, 4.69) is 64.1 Å². The summed E-state index contributed by atoms with van der Waals surface area (Å²) in [6, 6.07) is 24.6. The van der Waals surface area contributed by atoms with Crippen LogP contribution in [-0.4, -0.2) is 78.0 Å². The number of hydrogen-bond donors (Lipinski definition) is 2. The molecule has 10 heteroatoms. The highest BCUT2D eigenvalue weighted by molar-refractivity contribution is 6.27. The zero-order valence-corrected chi connectivity index (χ0v) is 23.6. The number of nitrogens with zero attached hydrogens (tertiary/aromatic N) is 2. The summed E-state index contributed by atoms with van der Waals surface area (Å²) in [5.74, 6) is -2.66. The summed E-state index contributed by atoms with van der Waals surface area (Å²) in [7, 11) is 2.94. The molecule has 0 aliphatic carbocycles. The second-order valence-corrected chi connectivity index (χ2v) is 9.73. The Labute approximate surface area is 243 Å². The fraction of sp³-hybridized carbons (Fsp3) is 0.281. The number of fused-ring (bicyclic) bond motifs is 1. The number of rotatable bonds is 9. The van der Waals surface area contributed by atoms with Crippen LogP contribution >= 0.6 is 0 Å². The SMILES string of the molecule is COC(=O)c1ccc(Cn2c(-c3ccc(OCCN4CCCC4)cc3)cc3ccccc32)cc1OC.O=C(O)C(=O)O. The topological polar surface area (TPSA) is 128 Å². The maximum Gasteiger partial charge on any atom is 0.414 e. The molecule has 2 heterocycles. The number of para-hydroxylation sites is 1. The normalized spacial score (nSPS) is 12.8. The van der Waals surface area contributed by atoms with Crippen molar-refractivity contribution in [3.05, 3.63) is 83.9 Å². The smallest absolute Gasteiger partial charge is 0.414 e. The first-order chi connectivity index (χ1) is 20.3. The predicted molar refractivity (Wildman–Crippen MR) is 157 cm³/mol. The molecule has 2 N–H and O–H groups in total. The number of benzene rings is 3. The Kier molecular flexibility index (Phi) is 10.2. The molecule has 0 atom stereocenters. The van der Waals surface area contributed by atoms with Crippen molar-refractivity contribution in [3.63, 3.8) is 0 Å². The van der Waals surface area contributed by atoms with Gasteiger partial charge in [-0.1, -0.05) is 24.3 Å². The third-order valence-corrected chi connectivity index (χ3v) is 7.03. The number of aliphatic carboxylic acids is 2. The highest BCUT2D eigenvalue weighted by Gasteiger charge is 2.16. The second-order valence-electron chi connectivity index (χ2n) is 9.73. The molecule has 42 heavy (non-hydrogen) atoms. The summed E-state index contributed by atoms with van der Waals surface area (Å²) >= 11 is 0. The number of esters is 1. The van der Waals surface area contributed by atoms with Gasteiger partial charge in [-0.05, 0) is 85.6 Å². The number of carboxylic acids is 2. The lowest BCUT2D eigenvalue weighted by Crippen LogP contribution is -2.25. The van der Waals surface area contributed by atoms with Crippen molar-refractivity contribution in [2.24, 2.45) is 0 Å². The van der Waals surface area contributed by atoms with Crippen LogP contribution in [0.2, 0.25) is 0 Å². The lowest BCUT2D eigenvalue weighted by Gasteiger charge is -2.15. The lowest BCUT2D eigenvalue weighted by molar-refractivity contribution is -0.159. The first kappa shape index (κ1) is 30.1. The Bertz CT molecular complexity index is 1530. The summed E-state index contributed by atoms with van der Waals surface area (Å²) in [6.07, 6.45) is 2.59. The van der Waals surface area contributed by atoms with Crippen LogP contribution in [-0.2, 0) is 20.9 Å². The molecule has 0 spiro atoms. The van der Waals surface area contributed by atoms with Crippen LogP contribution in [0.25, 0.3) is 22.2 Å². The number of carbonyl (C=O) groups excluding carboxylic acids is 1. The number of ether oxygens (including phenoxy) is 3. The molecule has 0 unspecified atom stereocenters. The van der Waals surface area contributed by atoms with Gasteiger partial charge in [0.1, 0.15) is 23.7 Å². The quantitative estimate of drug-likeness (QED) is 0.214. The Morgan fingerprint density at radius 2 is 1.55 bits per heavy atom. The van der Waals surface area contributed by atoms with Crippen molar-refractivity contribution >= 4 is 28.8 Å². The van der Waals surface area contributed by atoms with Gasteiger partial charge in [-0.2, -0.15) is 0 Å². The van der Waals surface area contributed by atoms with Gasteiger partial charge in [0.15, 0.2) is 0 Å². The van der Waals surface area contributed by atoms with Crippen LogP contribution in [0.15, 0.2) is 72.8 Å². The van der Waals surface area contributed by atoms with Crippen LogP contribution in [0, 0.1) is 0 Å². The molecule has 0 radical (unpaired) electrons. The van der Waals surface area contributed by atoms with Crippen molar-refractivity contribution in [2.75, 3.05) is 40.5 Å². The molecule has 0 bridgehead atoms. The van der Waals surface area contributed by atoms with E-state index in [1.165, 1.54) is 38.4 Å². The Balaban J connectivity index is 0.000000612. The number of methoxy groups -OCH3 is 2. The third-order valence-electron chi connectivity index (χ3n) is 7.03.